The Kier molecular flexibility index (Phi) is 6.69. The number of hydrogen-bond acceptors (Lipinski definition) is 5. The Hall–Kier alpha value is -2.16. The van der Waals surface area contributed by atoms with E-state index < -0.39 is 22.6 Å². The van der Waals surface area contributed by atoms with E-state index in [4.69, 9.17) is 16.3 Å². The third-order valence-electron chi connectivity index (χ3n) is 5.39. The number of esters is 1. The summed E-state index contributed by atoms with van der Waals surface area (Å²) >= 11 is 6.10. The van der Waals surface area contributed by atoms with Crippen LogP contribution in [0.2, 0.25) is 5.02 Å². The molecule has 1 aromatic carbocycles. The summed E-state index contributed by atoms with van der Waals surface area (Å²) in [5.74, 6) is -1.16. The molecule has 7 nitrogen and oxygen atoms in total. The zero-order chi connectivity index (χ0) is 22.1. The maximum absolute atomic E-state index is 12.7. The van der Waals surface area contributed by atoms with Crippen molar-refractivity contribution in [3.63, 3.8) is 0 Å². The number of aryl methyl sites for hydroxylation is 1. The summed E-state index contributed by atoms with van der Waals surface area (Å²) in [5, 5.41) is 0.0666. The minimum Gasteiger partial charge on any atom is -0.454 e. The third kappa shape index (κ3) is 4.31. The molecule has 1 aromatic heterocycles. The first-order valence-electron chi connectivity index (χ1n) is 9.83. The number of Topliss-reactive ketones (excluding diaryl/α,β-unsaturated/α-hetero) is 1. The largest absolute Gasteiger partial charge is 0.454 e. The molecule has 3 rings (SSSR count). The van der Waals surface area contributed by atoms with Crippen LogP contribution in [0, 0.1) is 13.8 Å². The maximum atomic E-state index is 12.7. The van der Waals surface area contributed by atoms with Crippen LogP contribution in [0.1, 0.15) is 51.9 Å². The predicted octanol–water partition coefficient (Wildman–Crippen LogP) is 3.60. The number of hydrogen-bond donors (Lipinski definition) is 0. The summed E-state index contributed by atoms with van der Waals surface area (Å²) in [6.45, 7) is 6.93. The Morgan fingerprint density at radius 3 is 2.37 bits per heavy atom. The van der Waals surface area contributed by atoms with E-state index in [1.165, 1.54) is 22.5 Å². The van der Waals surface area contributed by atoms with Gasteiger partial charge in [0.2, 0.25) is 15.8 Å². The molecule has 0 saturated carbocycles. The van der Waals surface area contributed by atoms with Gasteiger partial charge in [0.1, 0.15) is 0 Å². The van der Waals surface area contributed by atoms with Gasteiger partial charge in [-0.1, -0.05) is 11.6 Å². The van der Waals surface area contributed by atoms with Crippen molar-refractivity contribution in [2.75, 3.05) is 19.7 Å². The lowest BCUT2D eigenvalue weighted by molar-refractivity contribution is 0.0474. The molecule has 0 N–H and O–H groups in total. The molecule has 0 unspecified atom stereocenters. The van der Waals surface area contributed by atoms with Crippen molar-refractivity contribution in [2.45, 2.75) is 45.1 Å². The van der Waals surface area contributed by atoms with Gasteiger partial charge >= 0.3 is 5.97 Å². The van der Waals surface area contributed by atoms with Gasteiger partial charge in [-0.25, -0.2) is 13.2 Å². The van der Waals surface area contributed by atoms with Crippen molar-refractivity contribution < 1.29 is 22.7 Å². The van der Waals surface area contributed by atoms with E-state index in [9.17, 15) is 18.0 Å². The molecule has 1 fully saturated rings. The summed E-state index contributed by atoms with van der Waals surface area (Å²) < 4.78 is 34.0. The second-order valence-corrected chi connectivity index (χ2v) is 9.63. The Bertz CT molecular complexity index is 1090. The van der Waals surface area contributed by atoms with Crippen LogP contribution in [-0.2, 0) is 21.3 Å². The molecule has 0 spiro atoms. The van der Waals surface area contributed by atoms with Crippen LogP contribution in [0.25, 0.3) is 0 Å². The average molecular weight is 453 g/mol. The normalized spacial score (nSPS) is 14.8. The summed E-state index contributed by atoms with van der Waals surface area (Å²) in [7, 11) is -3.70. The number of rotatable bonds is 7. The van der Waals surface area contributed by atoms with Crippen LogP contribution < -0.4 is 0 Å². The van der Waals surface area contributed by atoms with Crippen molar-refractivity contribution in [3.8, 4) is 0 Å². The molecule has 2 heterocycles. The Labute approximate surface area is 181 Å². The molecule has 1 saturated heterocycles. The smallest absolute Gasteiger partial charge is 0.340 e. The van der Waals surface area contributed by atoms with Crippen LogP contribution in [0.3, 0.4) is 0 Å². The van der Waals surface area contributed by atoms with Crippen molar-refractivity contribution in [1.82, 2.24) is 8.87 Å². The molecule has 0 aliphatic carbocycles. The second kappa shape index (κ2) is 8.91. The predicted molar refractivity (Wildman–Crippen MR) is 114 cm³/mol. The number of nitrogens with zero attached hydrogens (tertiary/aromatic N) is 2. The van der Waals surface area contributed by atoms with Crippen LogP contribution in [0.15, 0.2) is 29.2 Å². The van der Waals surface area contributed by atoms with Crippen LogP contribution in [-0.4, -0.2) is 48.7 Å². The molecule has 0 atom stereocenters. The molecular formula is C21H25ClN2O5S. The van der Waals surface area contributed by atoms with Gasteiger partial charge < -0.3 is 9.30 Å². The van der Waals surface area contributed by atoms with Crippen molar-refractivity contribution in [3.05, 3.63) is 51.8 Å². The van der Waals surface area contributed by atoms with E-state index in [1.54, 1.807) is 6.07 Å². The fourth-order valence-corrected chi connectivity index (χ4v) is 5.49. The zero-order valence-corrected chi connectivity index (χ0v) is 18.8. The molecule has 9 heteroatoms. The van der Waals surface area contributed by atoms with Gasteiger partial charge in [0, 0.05) is 36.6 Å². The molecule has 0 radical (unpaired) electrons. The van der Waals surface area contributed by atoms with E-state index >= 15 is 0 Å². The van der Waals surface area contributed by atoms with Gasteiger partial charge in [-0.3, -0.25) is 4.79 Å². The highest BCUT2D eigenvalue weighted by Gasteiger charge is 2.28. The van der Waals surface area contributed by atoms with E-state index in [-0.39, 0.29) is 21.3 Å². The van der Waals surface area contributed by atoms with Gasteiger partial charge in [0.05, 0.1) is 15.5 Å². The number of carbonyl (C=O) groups is 2. The molecule has 1 aliphatic heterocycles. The molecule has 162 valence electrons. The highest BCUT2D eigenvalue weighted by Crippen LogP contribution is 2.26. The van der Waals surface area contributed by atoms with Gasteiger partial charge in [-0.05, 0) is 57.9 Å². The Morgan fingerprint density at radius 1 is 1.10 bits per heavy atom. The standard InChI is InChI=1S/C21H25ClN2O5S/c1-4-24-14(2)11-17(15(24)3)20(25)13-29-21(26)18-12-16(7-8-19(18)22)30(27,28)23-9-5-6-10-23/h7-8,11-12H,4-6,9-10,13H2,1-3H3. The maximum Gasteiger partial charge on any atom is 0.340 e. The van der Waals surface area contributed by atoms with E-state index in [0.717, 1.165) is 30.8 Å². The lowest BCUT2D eigenvalue weighted by Crippen LogP contribution is -2.28. The molecule has 0 amide bonds. The van der Waals surface area contributed by atoms with E-state index in [2.05, 4.69) is 0 Å². The summed E-state index contributed by atoms with van der Waals surface area (Å²) in [4.78, 5) is 25.1. The lowest BCUT2D eigenvalue weighted by atomic mass is 10.1. The topological polar surface area (TPSA) is 85.7 Å². The minimum atomic E-state index is -3.70. The lowest BCUT2D eigenvalue weighted by Gasteiger charge is -2.16. The first-order valence-corrected chi connectivity index (χ1v) is 11.7. The fraction of sp³-hybridized carbons (Fsp3) is 0.429. The van der Waals surface area contributed by atoms with Crippen LogP contribution in [0.4, 0.5) is 0 Å². The molecule has 1 aliphatic rings. The van der Waals surface area contributed by atoms with Crippen molar-refractivity contribution in [2.24, 2.45) is 0 Å². The highest BCUT2D eigenvalue weighted by molar-refractivity contribution is 7.89. The van der Waals surface area contributed by atoms with Crippen molar-refractivity contribution in [1.29, 1.82) is 0 Å². The average Bonchev–Trinajstić information content (AvgIpc) is 3.34. The number of ketones is 1. The Balaban J connectivity index is 1.76. The molecule has 0 bridgehead atoms. The Morgan fingerprint density at radius 2 is 1.77 bits per heavy atom. The molecular weight excluding hydrogens is 428 g/mol. The summed E-state index contributed by atoms with van der Waals surface area (Å²) in [6.07, 6.45) is 1.62. The summed E-state index contributed by atoms with van der Waals surface area (Å²) in [6, 6.07) is 5.71. The van der Waals surface area contributed by atoms with E-state index in [1.807, 2.05) is 25.3 Å². The second-order valence-electron chi connectivity index (χ2n) is 7.28. The molecule has 2 aromatic rings. The quantitative estimate of drug-likeness (QED) is 0.473. The summed E-state index contributed by atoms with van der Waals surface area (Å²) in [5.41, 5.74) is 2.18. The number of aromatic nitrogens is 1. The van der Waals surface area contributed by atoms with E-state index in [0.29, 0.717) is 18.7 Å². The zero-order valence-electron chi connectivity index (χ0n) is 17.3. The number of sulfonamides is 1. The fourth-order valence-electron chi connectivity index (χ4n) is 3.76. The monoisotopic (exact) mass is 452 g/mol. The number of carbonyl (C=O) groups excluding carboxylic acids is 2. The van der Waals surface area contributed by atoms with Crippen molar-refractivity contribution >= 4 is 33.4 Å². The first-order chi connectivity index (χ1) is 14.2. The van der Waals surface area contributed by atoms with Gasteiger partial charge in [-0.2, -0.15) is 4.31 Å². The third-order valence-corrected chi connectivity index (χ3v) is 7.61. The van der Waals surface area contributed by atoms with Gasteiger partial charge in [0.25, 0.3) is 0 Å². The molecule has 30 heavy (non-hydrogen) atoms. The number of benzene rings is 1. The highest BCUT2D eigenvalue weighted by atomic mass is 35.5. The van der Waals surface area contributed by atoms with Crippen LogP contribution >= 0.6 is 11.6 Å². The van der Waals surface area contributed by atoms with Gasteiger partial charge in [0.15, 0.2) is 6.61 Å². The SMILES string of the molecule is CCn1c(C)cc(C(=O)COC(=O)c2cc(S(=O)(=O)N3CCCC3)ccc2Cl)c1C. The first kappa shape index (κ1) is 22.5. The van der Waals surface area contributed by atoms with Crippen LogP contribution in [0.5, 0.6) is 0 Å². The minimum absolute atomic E-state index is 0.0152. The number of halogens is 1. The van der Waals surface area contributed by atoms with Gasteiger partial charge in [-0.15, -0.1) is 0 Å². The number of ether oxygens (including phenoxy) is 1.